The fourth-order valence-electron chi connectivity index (χ4n) is 3.25. The number of fused-ring (bicyclic) bond motifs is 1. The average molecular weight is 383 g/mol. The third-order valence-electron chi connectivity index (χ3n) is 4.68. The third kappa shape index (κ3) is 3.66. The van der Waals surface area contributed by atoms with E-state index >= 15 is 0 Å². The van der Waals surface area contributed by atoms with Crippen LogP contribution in [0.4, 0.5) is 17.1 Å². The Morgan fingerprint density at radius 3 is 2.61 bits per heavy atom. The van der Waals surface area contributed by atoms with Gasteiger partial charge >= 0.3 is 5.97 Å². The minimum absolute atomic E-state index is 0.0423. The summed E-state index contributed by atoms with van der Waals surface area (Å²) in [6.45, 7) is 2.04. The van der Waals surface area contributed by atoms with Crippen LogP contribution in [0.25, 0.3) is 0 Å². The summed E-state index contributed by atoms with van der Waals surface area (Å²) in [6, 6.07) is 11.6. The minimum Gasteiger partial charge on any atom is -0.449 e. The molecule has 0 fully saturated rings. The van der Waals surface area contributed by atoms with Crippen LogP contribution in [-0.2, 0) is 16.0 Å². The summed E-state index contributed by atoms with van der Waals surface area (Å²) in [5, 5.41) is 11.1. The van der Waals surface area contributed by atoms with Crippen molar-refractivity contribution in [2.24, 2.45) is 0 Å². The molecular weight excluding hydrogens is 362 g/mol. The number of carbonyl (C=O) groups is 2. The highest BCUT2D eigenvalue weighted by atomic mass is 16.6. The van der Waals surface area contributed by atoms with Gasteiger partial charge in [-0.05, 0) is 31.0 Å². The SMILES string of the molecule is C[C@H](OC(=O)c1cc([N+](=O)[O-])ccc1N(C)C)C(=O)N1CCc2ccccc21. The van der Waals surface area contributed by atoms with Crippen molar-refractivity contribution < 1.29 is 19.2 Å². The van der Waals surface area contributed by atoms with Gasteiger partial charge in [0.1, 0.15) is 0 Å². The van der Waals surface area contributed by atoms with Crippen LogP contribution in [0.2, 0.25) is 0 Å². The molecule has 1 aliphatic rings. The number of benzene rings is 2. The van der Waals surface area contributed by atoms with E-state index in [9.17, 15) is 19.7 Å². The molecule has 0 aromatic heterocycles. The topological polar surface area (TPSA) is 93.0 Å². The van der Waals surface area contributed by atoms with Gasteiger partial charge in [0.15, 0.2) is 6.10 Å². The molecule has 1 aliphatic heterocycles. The molecule has 146 valence electrons. The smallest absolute Gasteiger partial charge is 0.341 e. The zero-order valence-electron chi connectivity index (χ0n) is 15.9. The number of nitro benzene ring substituents is 1. The highest BCUT2D eigenvalue weighted by molar-refractivity contribution is 6.02. The maximum Gasteiger partial charge on any atom is 0.341 e. The zero-order chi connectivity index (χ0) is 20.4. The summed E-state index contributed by atoms with van der Waals surface area (Å²) in [5.74, 6) is -1.10. The molecule has 0 aliphatic carbocycles. The molecule has 8 nitrogen and oxygen atoms in total. The molecule has 1 amide bonds. The molecule has 1 atom stereocenters. The Morgan fingerprint density at radius 2 is 1.93 bits per heavy atom. The van der Waals surface area contributed by atoms with E-state index in [4.69, 9.17) is 4.74 Å². The predicted molar refractivity (Wildman–Crippen MR) is 105 cm³/mol. The molecule has 0 radical (unpaired) electrons. The van der Waals surface area contributed by atoms with Crippen LogP contribution in [0, 0.1) is 10.1 Å². The van der Waals surface area contributed by atoms with Gasteiger partial charge in [-0.1, -0.05) is 18.2 Å². The standard InChI is InChI=1S/C20H21N3O5/c1-13(19(24)22-11-10-14-6-4-5-7-17(14)22)28-20(25)16-12-15(23(26)27)8-9-18(16)21(2)3/h4-9,12-13H,10-11H2,1-3H3/t13-/m0/s1. The highest BCUT2D eigenvalue weighted by Gasteiger charge is 2.31. The molecule has 2 aromatic carbocycles. The van der Waals surface area contributed by atoms with E-state index in [-0.39, 0.29) is 17.2 Å². The van der Waals surface area contributed by atoms with Crippen LogP contribution in [0.1, 0.15) is 22.8 Å². The first-order valence-corrected chi connectivity index (χ1v) is 8.85. The maximum atomic E-state index is 12.8. The van der Waals surface area contributed by atoms with Crippen molar-refractivity contribution in [3.8, 4) is 0 Å². The molecule has 0 bridgehead atoms. The molecule has 1 heterocycles. The number of rotatable bonds is 5. The van der Waals surface area contributed by atoms with Gasteiger partial charge in [0.25, 0.3) is 11.6 Å². The van der Waals surface area contributed by atoms with E-state index in [1.807, 2.05) is 24.3 Å². The third-order valence-corrected chi connectivity index (χ3v) is 4.68. The maximum absolute atomic E-state index is 12.8. The Morgan fingerprint density at radius 1 is 1.21 bits per heavy atom. The van der Waals surface area contributed by atoms with Crippen molar-refractivity contribution in [1.82, 2.24) is 0 Å². The van der Waals surface area contributed by atoms with Crippen LogP contribution in [0.5, 0.6) is 0 Å². The summed E-state index contributed by atoms with van der Waals surface area (Å²) in [7, 11) is 3.43. The number of esters is 1. The molecule has 28 heavy (non-hydrogen) atoms. The van der Waals surface area contributed by atoms with Crippen LogP contribution < -0.4 is 9.80 Å². The molecule has 2 aromatic rings. The molecule has 3 rings (SSSR count). The number of hydrogen-bond donors (Lipinski definition) is 0. The molecule has 0 N–H and O–H groups in total. The quantitative estimate of drug-likeness (QED) is 0.448. The number of nitro groups is 1. The van der Waals surface area contributed by atoms with Crippen molar-refractivity contribution in [2.45, 2.75) is 19.4 Å². The van der Waals surface area contributed by atoms with E-state index in [1.54, 1.807) is 23.9 Å². The summed E-state index contributed by atoms with van der Waals surface area (Å²) >= 11 is 0. The van der Waals surface area contributed by atoms with Gasteiger partial charge in [-0.15, -0.1) is 0 Å². The van der Waals surface area contributed by atoms with Gasteiger partial charge in [0.05, 0.1) is 16.2 Å². The lowest BCUT2D eigenvalue weighted by Gasteiger charge is -2.22. The first-order chi connectivity index (χ1) is 13.3. The molecule has 0 saturated carbocycles. The average Bonchev–Trinajstić information content (AvgIpc) is 3.10. The van der Waals surface area contributed by atoms with Gasteiger partial charge in [-0.3, -0.25) is 14.9 Å². The van der Waals surface area contributed by atoms with Gasteiger partial charge in [-0.25, -0.2) is 4.79 Å². The lowest BCUT2D eigenvalue weighted by molar-refractivity contribution is -0.384. The van der Waals surface area contributed by atoms with Crippen molar-refractivity contribution in [2.75, 3.05) is 30.4 Å². The Bertz CT molecular complexity index is 941. The number of hydrogen-bond acceptors (Lipinski definition) is 6. The first-order valence-electron chi connectivity index (χ1n) is 8.85. The molecular formula is C20H21N3O5. The van der Waals surface area contributed by atoms with Crippen LogP contribution in [-0.4, -0.2) is 43.5 Å². The summed E-state index contributed by atoms with van der Waals surface area (Å²) in [6.07, 6.45) is -0.272. The lowest BCUT2D eigenvalue weighted by Crippen LogP contribution is -2.39. The number of carbonyl (C=O) groups excluding carboxylic acids is 2. The monoisotopic (exact) mass is 383 g/mol. The normalized spacial score (nSPS) is 13.6. The summed E-state index contributed by atoms with van der Waals surface area (Å²) < 4.78 is 5.37. The summed E-state index contributed by atoms with van der Waals surface area (Å²) in [5.41, 5.74) is 2.19. The van der Waals surface area contributed by atoms with Crippen molar-refractivity contribution >= 4 is 28.9 Å². The summed E-state index contributed by atoms with van der Waals surface area (Å²) in [4.78, 5) is 39.2. The molecule has 0 saturated heterocycles. The van der Waals surface area contributed by atoms with E-state index in [1.165, 1.54) is 25.1 Å². The number of non-ortho nitro benzene ring substituents is 1. The number of ether oxygens (including phenoxy) is 1. The van der Waals surface area contributed by atoms with Crippen molar-refractivity contribution in [1.29, 1.82) is 0 Å². The van der Waals surface area contributed by atoms with Crippen LogP contribution in [0.15, 0.2) is 42.5 Å². The van der Waals surface area contributed by atoms with Gasteiger partial charge < -0.3 is 14.5 Å². The number of amides is 1. The fraction of sp³-hybridized carbons (Fsp3) is 0.300. The van der Waals surface area contributed by atoms with Gasteiger partial charge in [-0.2, -0.15) is 0 Å². The van der Waals surface area contributed by atoms with Crippen molar-refractivity contribution in [3.63, 3.8) is 0 Å². The molecule has 0 unspecified atom stereocenters. The fourth-order valence-corrected chi connectivity index (χ4v) is 3.25. The molecule has 8 heteroatoms. The van der Waals surface area contributed by atoms with E-state index in [0.717, 1.165) is 17.7 Å². The van der Waals surface area contributed by atoms with Crippen LogP contribution in [0.3, 0.4) is 0 Å². The minimum atomic E-state index is -1.02. The Balaban J connectivity index is 1.80. The number of anilines is 2. The highest BCUT2D eigenvalue weighted by Crippen LogP contribution is 2.29. The second kappa shape index (κ2) is 7.67. The first kappa shape index (κ1) is 19.3. The van der Waals surface area contributed by atoms with Crippen LogP contribution >= 0.6 is 0 Å². The zero-order valence-corrected chi connectivity index (χ0v) is 15.9. The van der Waals surface area contributed by atoms with Crippen molar-refractivity contribution in [3.05, 3.63) is 63.7 Å². The van der Waals surface area contributed by atoms with E-state index in [2.05, 4.69) is 0 Å². The second-order valence-corrected chi connectivity index (χ2v) is 6.77. The number of nitrogens with zero attached hydrogens (tertiary/aromatic N) is 3. The Labute approximate surface area is 162 Å². The van der Waals surface area contributed by atoms with E-state index in [0.29, 0.717) is 12.2 Å². The van der Waals surface area contributed by atoms with E-state index < -0.39 is 17.0 Å². The largest absolute Gasteiger partial charge is 0.449 e. The Hall–Kier alpha value is -3.42. The second-order valence-electron chi connectivity index (χ2n) is 6.77. The van der Waals surface area contributed by atoms with Gasteiger partial charge in [0, 0.05) is 38.5 Å². The van der Waals surface area contributed by atoms with Gasteiger partial charge in [0.2, 0.25) is 0 Å². The molecule has 0 spiro atoms. The number of para-hydroxylation sites is 1. The predicted octanol–water partition coefficient (Wildman–Crippen LogP) is 2.80. The Kier molecular flexibility index (Phi) is 5.30. The lowest BCUT2D eigenvalue weighted by atomic mass is 10.1.